The molecule has 0 bridgehead atoms. The summed E-state index contributed by atoms with van der Waals surface area (Å²) in [6.07, 6.45) is -4.38. The Bertz CT molecular complexity index is 429. The summed E-state index contributed by atoms with van der Waals surface area (Å²) in [5.74, 6) is 0.279. The van der Waals surface area contributed by atoms with Crippen LogP contribution in [0.5, 0.6) is 12.0 Å². The molecule has 0 amide bonds. The van der Waals surface area contributed by atoms with Crippen molar-refractivity contribution in [2.24, 2.45) is 0 Å². The van der Waals surface area contributed by atoms with Crippen LogP contribution in [0.2, 0.25) is 0 Å². The number of rotatable bonds is 9. The van der Waals surface area contributed by atoms with Crippen molar-refractivity contribution < 1.29 is 22.6 Å². The minimum Gasteiger partial charge on any atom is -0.464 e. The first kappa shape index (κ1) is 17.3. The van der Waals surface area contributed by atoms with Gasteiger partial charge in [0, 0.05) is 13.0 Å². The van der Waals surface area contributed by atoms with Gasteiger partial charge in [-0.2, -0.15) is 23.1 Å². The van der Waals surface area contributed by atoms with Crippen LogP contribution in [-0.2, 0) is 0 Å². The van der Waals surface area contributed by atoms with E-state index in [0.717, 1.165) is 6.42 Å². The molecule has 0 aliphatic heterocycles. The smallest absolute Gasteiger partial charge is 0.389 e. The van der Waals surface area contributed by atoms with Crippen molar-refractivity contribution in [1.29, 1.82) is 0 Å². The van der Waals surface area contributed by atoms with Crippen molar-refractivity contribution in [3.8, 4) is 12.0 Å². The van der Waals surface area contributed by atoms with Gasteiger partial charge in [0.05, 0.1) is 13.2 Å². The summed E-state index contributed by atoms with van der Waals surface area (Å²) < 4.78 is 46.4. The van der Waals surface area contributed by atoms with E-state index in [1.54, 1.807) is 6.92 Å². The number of hydrogen-bond acceptors (Lipinski definition) is 6. The lowest BCUT2D eigenvalue weighted by Gasteiger charge is -2.10. The Labute approximate surface area is 121 Å². The minimum absolute atomic E-state index is 0.0470. The molecule has 0 unspecified atom stereocenters. The highest BCUT2D eigenvalue weighted by molar-refractivity contribution is 5.27. The van der Waals surface area contributed by atoms with Gasteiger partial charge in [-0.05, 0) is 19.8 Å². The summed E-state index contributed by atoms with van der Waals surface area (Å²) in [6, 6.07) is 0.0335. The van der Waals surface area contributed by atoms with Crippen LogP contribution in [0.15, 0.2) is 0 Å². The highest BCUT2D eigenvalue weighted by atomic mass is 19.4. The topological polar surface area (TPSA) is 69.2 Å². The Morgan fingerprint density at radius 1 is 1.05 bits per heavy atom. The molecule has 9 heteroatoms. The predicted octanol–water partition coefficient (Wildman–Crippen LogP) is 2.81. The van der Waals surface area contributed by atoms with E-state index in [2.05, 4.69) is 20.3 Å². The molecular weight excluding hydrogens is 289 g/mol. The van der Waals surface area contributed by atoms with E-state index in [9.17, 15) is 13.2 Å². The first-order valence-corrected chi connectivity index (χ1v) is 6.77. The molecule has 6 nitrogen and oxygen atoms in total. The van der Waals surface area contributed by atoms with Crippen molar-refractivity contribution in [2.45, 2.75) is 39.3 Å². The molecule has 0 spiro atoms. The highest BCUT2D eigenvalue weighted by Crippen LogP contribution is 2.21. The average molecular weight is 308 g/mol. The van der Waals surface area contributed by atoms with Crippen LogP contribution in [0.4, 0.5) is 19.1 Å². The molecule has 1 aromatic rings. The average Bonchev–Trinajstić information content (AvgIpc) is 2.41. The fourth-order valence-corrected chi connectivity index (χ4v) is 1.35. The van der Waals surface area contributed by atoms with Crippen molar-refractivity contribution >= 4 is 5.95 Å². The number of anilines is 1. The van der Waals surface area contributed by atoms with E-state index in [4.69, 9.17) is 9.47 Å². The minimum atomic E-state index is -4.19. The summed E-state index contributed by atoms with van der Waals surface area (Å²) in [4.78, 5) is 11.9. The molecule has 120 valence electrons. The standard InChI is InChI=1S/C12H19F3N4O2/c1-3-7-16-9-17-10(20-4-2)19-11(18-9)21-8-5-6-12(13,14)15/h3-8H2,1-2H3,(H,16,17,18,19). The van der Waals surface area contributed by atoms with Gasteiger partial charge in [0.25, 0.3) is 0 Å². The van der Waals surface area contributed by atoms with Crippen LogP contribution in [0.3, 0.4) is 0 Å². The number of halogens is 3. The van der Waals surface area contributed by atoms with Crippen LogP contribution >= 0.6 is 0 Å². The third-order valence-corrected chi connectivity index (χ3v) is 2.24. The summed E-state index contributed by atoms with van der Waals surface area (Å²) in [5.41, 5.74) is 0. The molecule has 0 saturated heterocycles. The van der Waals surface area contributed by atoms with E-state index in [0.29, 0.717) is 13.2 Å². The lowest BCUT2D eigenvalue weighted by Crippen LogP contribution is -2.12. The van der Waals surface area contributed by atoms with E-state index in [1.165, 1.54) is 0 Å². The van der Waals surface area contributed by atoms with Gasteiger partial charge in [-0.1, -0.05) is 6.92 Å². The number of alkyl halides is 3. The fraction of sp³-hybridized carbons (Fsp3) is 0.750. The number of ether oxygens (including phenoxy) is 2. The van der Waals surface area contributed by atoms with Crippen molar-refractivity contribution in [2.75, 3.05) is 25.1 Å². The Hall–Kier alpha value is -1.80. The maximum absolute atomic E-state index is 12.0. The second-order valence-corrected chi connectivity index (χ2v) is 4.15. The van der Waals surface area contributed by atoms with Crippen LogP contribution < -0.4 is 14.8 Å². The number of nitrogens with one attached hydrogen (secondary N) is 1. The molecular formula is C12H19F3N4O2. The quantitative estimate of drug-likeness (QED) is 0.707. The molecule has 0 aromatic carbocycles. The van der Waals surface area contributed by atoms with E-state index >= 15 is 0 Å². The fourth-order valence-electron chi connectivity index (χ4n) is 1.35. The Morgan fingerprint density at radius 2 is 1.71 bits per heavy atom. The summed E-state index contributed by atoms with van der Waals surface area (Å²) >= 11 is 0. The van der Waals surface area contributed by atoms with Crippen LogP contribution in [0.25, 0.3) is 0 Å². The second kappa shape index (κ2) is 8.48. The first-order valence-electron chi connectivity index (χ1n) is 6.77. The lowest BCUT2D eigenvalue weighted by molar-refractivity contribution is -0.136. The maximum Gasteiger partial charge on any atom is 0.389 e. The van der Waals surface area contributed by atoms with Crippen LogP contribution in [0, 0.1) is 0 Å². The van der Waals surface area contributed by atoms with Gasteiger partial charge < -0.3 is 14.8 Å². The molecule has 0 saturated carbocycles. The molecule has 0 aliphatic carbocycles. The van der Waals surface area contributed by atoms with Gasteiger partial charge in [-0.25, -0.2) is 0 Å². The molecule has 1 heterocycles. The first-order chi connectivity index (χ1) is 9.94. The Balaban J connectivity index is 2.60. The van der Waals surface area contributed by atoms with E-state index < -0.39 is 12.6 Å². The highest BCUT2D eigenvalue weighted by Gasteiger charge is 2.26. The van der Waals surface area contributed by atoms with Crippen LogP contribution in [0.1, 0.15) is 33.1 Å². The second-order valence-electron chi connectivity index (χ2n) is 4.15. The predicted molar refractivity (Wildman–Crippen MR) is 70.6 cm³/mol. The maximum atomic E-state index is 12.0. The van der Waals surface area contributed by atoms with Gasteiger partial charge >= 0.3 is 18.2 Å². The number of nitrogens with zero attached hydrogens (tertiary/aromatic N) is 3. The SMILES string of the molecule is CCCNc1nc(OCC)nc(OCCCC(F)(F)F)n1. The zero-order chi connectivity index (χ0) is 15.7. The van der Waals surface area contributed by atoms with Crippen molar-refractivity contribution in [3.63, 3.8) is 0 Å². The monoisotopic (exact) mass is 308 g/mol. The molecule has 0 aliphatic rings. The molecule has 21 heavy (non-hydrogen) atoms. The molecule has 1 rings (SSSR count). The number of aromatic nitrogens is 3. The molecule has 1 aromatic heterocycles. The number of hydrogen-bond donors (Lipinski definition) is 1. The zero-order valence-corrected chi connectivity index (χ0v) is 12.0. The third-order valence-electron chi connectivity index (χ3n) is 2.24. The van der Waals surface area contributed by atoms with Gasteiger partial charge in [0.1, 0.15) is 0 Å². The molecule has 0 fully saturated rings. The van der Waals surface area contributed by atoms with Crippen molar-refractivity contribution in [3.05, 3.63) is 0 Å². The van der Waals surface area contributed by atoms with Crippen LogP contribution in [-0.4, -0.2) is 40.9 Å². The summed E-state index contributed by atoms with van der Waals surface area (Å²) in [7, 11) is 0. The summed E-state index contributed by atoms with van der Waals surface area (Å²) in [5, 5.41) is 2.95. The van der Waals surface area contributed by atoms with E-state index in [1.807, 2.05) is 6.92 Å². The Morgan fingerprint density at radius 3 is 2.29 bits per heavy atom. The normalized spacial score (nSPS) is 11.3. The largest absolute Gasteiger partial charge is 0.464 e. The van der Waals surface area contributed by atoms with Crippen molar-refractivity contribution in [1.82, 2.24) is 15.0 Å². The van der Waals surface area contributed by atoms with Gasteiger partial charge in [0.15, 0.2) is 0 Å². The van der Waals surface area contributed by atoms with Gasteiger partial charge in [-0.3, -0.25) is 0 Å². The zero-order valence-electron chi connectivity index (χ0n) is 12.0. The Kier molecular flexibility index (Phi) is 6.97. The third kappa shape index (κ3) is 7.52. The lowest BCUT2D eigenvalue weighted by atomic mass is 10.3. The molecule has 0 atom stereocenters. The molecule has 0 radical (unpaired) electrons. The van der Waals surface area contributed by atoms with Gasteiger partial charge in [-0.15, -0.1) is 4.98 Å². The molecule has 1 N–H and O–H groups in total. The van der Waals surface area contributed by atoms with Gasteiger partial charge in [0.2, 0.25) is 5.95 Å². The summed E-state index contributed by atoms with van der Waals surface area (Å²) in [6.45, 7) is 4.65. The van der Waals surface area contributed by atoms with E-state index in [-0.39, 0.29) is 31.0 Å².